The van der Waals surface area contributed by atoms with Crippen LogP contribution < -0.4 is 10.1 Å². The van der Waals surface area contributed by atoms with Crippen molar-refractivity contribution in [1.82, 2.24) is 5.32 Å². The third-order valence-corrected chi connectivity index (χ3v) is 3.08. The van der Waals surface area contributed by atoms with Gasteiger partial charge in [0.05, 0.1) is 6.61 Å². The zero-order valence-corrected chi connectivity index (χ0v) is 13.7. The molecule has 4 heteroatoms. The van der Waals surface area contributed by atoms with Crippen molar-refractivity contribution in [1.29, 1.82) is 0 Å². The molecule has 0 spiro atoms. The zero-order valence-electron chi connectivity index (χ0n) is 13.7. The SMILES string of the molecule is Cc1cccc(C)c1OCC(O)CNCCOCC(C)C. The number of hydrogen-bond acceptors (Lipinski definition) is 4. The Kier molecular flexibility index (Phi) is 8.35. The number of benzene rings is 1. The Hall–Kier alpha value is -1.10. The van der Waals surface area contributed by atoms with E-state index in [4.69, 9.17) is 9.47 Å². The first-order chi connectivity index (χ1) is 10.0. The van der Waals surface area contributed by atoms with Crippen LogP contribution in [0.25, 0.3) is 0 Å². The fourth-order valence-electron chi connectivity index (χ4n) is 2.00. The largest absolute Gasteiger partial charge is 0.490 e. The van der Waals surface area contributed by atoms with Crippen LogP contribution in [0.15, 0.2) is 18.2 Å². The summed E-state index contributed by atoms with van der Waals surface area (Å²) in [5, 5.41) is 13.1. The molecule has 0 aliphatic rings. The van der Waals surface area contributed by atoms with E-state index in [1.807, 2.05) is 32.0 Å². The first-order valence-corrected chi connectivity index (χ1v) is 7.66. The highest BCUT2D eigenvalue weighted by Gasteiger charge is 2.08. The molecule has 120 valence electrons. The summed E-state index contributed by atoms with van der Waals surface area (Å²) in [5.41, 5.74) is 2.19. The highest BCUT2D eigenvalue weighted by molar-refractivity contribution is 5.39. The second-order valence-corrected chi connectivity index (χ2v) is 5.86. The maximum absolute atomic E-state index is 9.91. The Morgan fingerprint density at radius 2 is 1.81 bits per heavy atom. The minimum atomic E-state index is -0.519. The Balaban J connectivity index is 2.15. The van der Waals surface area contributed by atoms with Gasteiger partial charge in [-0.3, -0.25) is 0 Å². The van der Waals surface area contributed by atoms with E-state index in [0.29, 0.717) is 25.7 Å². The van der Waals surface area contributed by atoms with Crippen LogP contribution in [0.1, 0.15) is 25.0 Å². The average Bonchev–Trinajstić information content (AvgIpc) is 2.41. The van der Waals surface area contributed by atoms with Crippen molar-refractivity contribution in [3.8, 4) is 5.75 Å². The summed E-state index contributed by atoms with van der Waals surface area (Å²) >= 11 is 0. The molecule has 1 aromatic rings. The fraction of sp³-hybridized carbons (Fsp3) is 0.647. The van der Waals surface area contributed by atoms with Crippen molar-refractivity contribution in [2.75, 3.05) is 32.9 Å². The van der Waals surface area contributed by atoms with E-state index in [0.717, 1.165) is 30.0 Å². The fourth-order valence-corrected chi connectivity index (χ4v) is 2.00. The number of hydrogen-bond donors (Lipinski definition) is 2. The minimum Gasteiger partial charge on any atom is -0.490 e. The predicted molar refractivity (Wildman–Crippen MR) is 85.9 cm³/mol. The number of aryl methyl sites for hydroxylation is 2. The van der Waals surface area contributed by atoms with E-state index in [2.05, 4.69) is 19.2 Å². The molecule has 0 bridgehead atoms. The lowest BCUT2D eigenvalue weighted by Crippen LogP contribution is -2.33. The number of aliphatic hydroxyl groups is 1. The van der Waals surface area contributed by atoms with Gasteiger partial charge in [-0.15, -0.1) is 0 Å². The van der Waals surface area contributed by atoms with Crippen molar-refractivity contribution < 1.29 is 14.6 Å². The first kappa shape index (κ1) is 18.0. The summed E-state index contributed by atoms with van der Waals surface area (Å²) in [6.07, 6.45) is -0.519. The lowest BCUT2D eigenvalue weighted by molar-refractivity contribution is 0.0921. The van der Waals surface area contributed by atoms with E-state index in [1.165, 1.54) is 0 Å². The standard InChI is InChI=1S/C17H29NO3/c1-13(2)11-20-9-8-18-10-16(19)12-21-17-14(3)6-5-7-15(17)4/h5-7,13,16,18-19H,8-12H2,1-4H3. The zero-order chi connectivity index (χ0) is 15.7. The molecule has 0 heterocycles. The molecule has 0 aliphatic heterocycles. The molecule has 0 saturated heterocycles. The predicted octanol–water partition coefficient (Wildman–Crippen LogP) is 2.31. The number of ether oxygens (including phenoxy) is 2. The molecule has 1 aromatic carbocycles. The molecule has 1 unspecified atom stereocenters. The van der Waals surface area contributed by atoms with Crippen molar-refractivity contribution in [2.45, 2.75) is 33.8 Å². The normalized spacial score (nSPS) is 12.7. The summed E-state index contributed by atoms with van der Waals surface area (Å²) in [5.74, 6) is 1.43. The van der Waals surface area contributed by atoms with E-state index < -0.39 is 6.10 Å². The van der Waals surface area contributed by atoms with Gasteiger partial charge in [-0.1, -0.05) is 32.0 Å². The van der Waals surface area contributed by atoms with Crippen LogP contribution in [0, 0.1) is 19.8 Å². The second kappa shape index (κ2) is 9.77. The molecule has 0 aromatic heterocycles. The smallest absolute Gasteiger partial charge is 0.125 e. The molecule has 0 radical (unpaired) electrons. The van der Waals surface area contributed by atoms with Crippen molar-refractivity contribution >= 4 is 0 Å². The number of rotatable bonds is 10. The van der Waals surface area contributed by atoms with Crippen molar-refractivity contribution in [2.24, 2.45) is 5.92 Å². The lowest BCUT2D eigenvalue weighted by atomic mass is 10.1. The van der Waals surface area contributed by atoms with Crippen LogP contribution in [-0.2, 0) is 4.74 Å². The molecule has 0 fully saturated rings. The molecule has 2 N–H and O–H groups in total. The summed E-state index contributed by atoms with van der Waals surface area (Å²) in [6, 6.07) is 6.03. The monoisotopic (exact) mass is 295 g/mol. The molecule has 1 rings (SSSR count). The summed E-state index contributed by atoms with van der Waals surface area (Å²) in [7, 11) is 0. The van der Waals surface area contributed by atoms with Gasteiger partial charge in [0.15, 0.2) is 0 Å². The molecule has 0 aliphatic carbocycles. The maximum Gasteiger partial charge on any atom is 0.125 e. The molecular weight excluding hydrogens is 266 g/mol. The number of nitrogens with one attached hydrogen (secondary N) is 1. The summed E-state index contributed by atoms with van der Waals surface area (Å²) in [6.45, 7) is 11.3. The molecule has 1 atom stereocenters. The van der Waals surface area contributed by atoms with Gasteiger partial charge in [0.25, 0.3) is 0 Å². The molecule has 4 nitrogen and oxygen atoms in total. The Morgan fingerprint density at radius 3 is 2.43 bits per heavy atom. The topological polar surface area (TPSA) is 50.7 Å². The van der Waals surface area contributed by atoms with Gasteiger partial charge in [-0.05, 0) is 30.9 Å². The van der Waals surface area contributed by atoms with Crippen LogP contribution in [-0.4, -0.2) is 44.1 Å². The van der Waals surface area contributed by atoms with E-state index in [9.17, 15) is 5.11 Å². The third kappa shape index (κ3) is 7.46. The molecule has 0 saturated carbocycles. The number of aliphatic hydroxyl groups excluding tert-OH is 1. The van der Waals surface area contributed by atoms with Crippen molar-refractivity contribution in [3.63, 3.8) is 0 Å². The van der Waals surface area contributed by atoms with Gasteiger partial charge in [-0.2, -0.15) is 0 Å². The Morgan fingerprint density at radius 1 is 1.14 bits per heavy atom. The Labute approximate surface area is 128 Å². The molecule has 21 heavy (non-hydrogen) atoms. The maximum atomic E-state index is 9.91. The van der Waals surface area contributed by atoms with Crippen LogP contribution >= 0.6 is 0 Å². The number of para-hydroxylation sites is 1. The Bertz CT molecular complexity index is 387. The van der Waals surface area contributed by atoms with Gasteiger partial charge in [0.1, 0.15) is 18.5 Å². The van der Waals surface area contributed by atoms with E-state index >= 15 is 0 Å². The van der Waals surface area contributed by atoms with E-state index in [-0.39, 0.29) is 0 Å². The average molecular weight is 295 g/mol. The third-order valence-electron chi connectivity index (χ3n) is 3.08. The highest BCUT2D eigenvalue weighted by atomic mass is 16.5. The quantitative estimate of drug-likeness (QED) is 0.650. The van der Waals surface area contributed by atoms with Gasteiger partial charge >= 0.3 is 0 Å². The minimum absolute atomic E-state index is 0.297. The van der Waals surface area contributed by atoms with Crippen LogP contribution in [0.3, 0.4) is 0 Å². The lowest BCUT2D eigenvalue weighted by Gasteiger charge is -2.16. The molecular formula is C17H29NO3. The van der Waals surface area contributed by atoms with Crippen LogP contribution in [0.2, 0.25) is 0 Å². The van der Waals surface area contributed by atoms with Gasteiger partial charge in [0.2, 0.25) is 0 Å². The van der Waals surface area contributed by atoms with Gasteiger partial charge in [0, 0.05) is 19.7 Å². The second-order valence-electron chi connectivity index (χ2n) is 5.86. The van der Waals surface area contributed by atoms with Gasteiger partial charge < -0.3 is 19.9 Å². The van der Waals surface area contributed by atoms with Crippen LogP contribution in [0.4, 0.5) is 0 Å². The van der Waals surface area contributed by atoms with E-state index in [1.54, 1.807) is 0 Å². The highest BCUT2D eigenvalue weighted by Crippen LogP contribution is 2.22. The van der Waals surface area contributed by atoms with Crippen molar-refractivity contribution in [3.05, 3.63) is 29.3 Å². The first-order valence-electron chi connectivity index (χ1n) is 7.66. The van der Waals surface area contributed by atoms with Crippen LogP contribution in [0.5, 0.6) is 5.75 Å². The van der Waals surface area contributed by atoms with Gasteiger partial charge in [-0.25, -0.2) is 0 Å². The molecule has 0 amide bonds. The summed E-state index contributed by atoms with van der Waals surface area (Å²) < 4.78 is 11.2. The summed E-state index contributed by atoms with van der Waals surface area (Å²) in [4.78, 5) is 0.